The molecule has 0 amide bonds. The van der Waals surface area contributed by atoms with Crippen LogP contribution in [0.15, 0.2) is 12.4 Å². The second-order valence-corrected chi connectivity index (χ2v) is 2.36. The maximum Gasteiger partial charge on any atom is 0.106 e. The second kappa shape index (κ2) is 2.84. The highest BCUT2D eigenvalue weighted by molar-refractivity contribution is 4.90. The molecule has 0 aliphatic carbocycles. The Labute approximate surface area is 60.9 Å². The molecule has 1 heterocycles. The molecular weight excluding hydrogens is 126 g/mol. The Morgan fingerprint density at radius 1 is 1.80 bits per heavy atom. The lowest BCUT2D eigenvalue weighted by atomic mass is 10.4. The molecule has 0 saturated carbocycles. The van der Waals surface area contributed by atoms with E-state index < -0.39 is 0 Å². The largest absolute Gasteiger partial charge is 0.319 e. The zero-order valence-corrected chi connectivity index (χ0v) is 6.41. The van der Waals surface area contributed by atoms with Gasteiger partial charge in [-0.15, -0.1) is 0 Å². The van der Waals surface area contributed by atoms with Gasteiger partial charge in [0.05, 0.1) is 6.17 Å². The van der Waals surface area contributed by atoms with Crippen LogP contribution in [0.2, 0.25) is 0 Å². The molecule has 10 heavy (non-hydrogen) atoms. The summed E-state index contributed by atoms with van der Waals surface area (Å²) >= 11 is 0. The average molecular weight is 139 g/mol. The van der Waals surface area contributed by atoms with Crippen LogP contribution in [0, 0.1) is 6.92 Å². The van der Waals surface area contributed by atoms with Gasteiger partial charge in [0.25, 0.3) is 0 Å². The molecule has 2 N–H and O–H groups in total. The van der Waals surface area contributed by atoms with Crippen molar-refractivity contribution in [2.24, 2.45) is 5.73 Å². The van der Waals surface area contributed by atoms with Crippen LogP contribution in [0.1, 0.15) is 25.3 Å². The first kappa shape index (κ1) is 7.28. The van der Waals surface area contributed by atoms with Crippen LogP contribution >= 0.6 is 0 Å². The van der Waals surface area contributed by atoms with Gasteiger partial charge in [-0.05, 0) is 13.3 Å². The van der Waals surface area contributed by atoms with Crippen molar-refractivity contribution in [3.63, 3.8) is 0 Å². The van der Waals surface area contributed by atoms with Crippen LogP contribution in [0.25, 0.3) is 0 Å². The fourth-order valence-electron chi connectivity index (χ4n) is 0.935. The molecule has 1 atom stereocenters. The Balaban J connectivity index is 2.82. The van der Waals surface area contributed by atoms with Crippen LogP contribution in [0.5, 0.6) is 0 Å². The number of aryl methyl sites for hydroxylation is 1. The van der Waals surface area contributed by atoms with Crippen molar-refractivity contribution in [1.82, 2.24) is 9.55 Å². The monoisotopic (exact) mass is 139 g/mol. The highest BCUT2D eigenvalue weighted by atomic mass is 15.1. The molecule has 1 rings (SSSR count). The standard InChI is InChI=1S/C7H13N3/c1-3-7(8)10-5-4-9-6(10)2/h4-5,7H,3,8H2,1-2H3. The average Bonchev–Trinajstić information content (AvgIpc) is 2.34. The van der Waals surface area contributed by atoms with Gasteiger partial charge in [0.15, 0.2) is 0 Å². The minimum atomic E-state index is 0.0856. The predicted octanol–water partition coefficient (Wildman–Crippen LogP) is 1.06. The SMILES string of the molecule is CCC(N)n1ccnc1C. The van der Waals surface area contributed by atoms with E-state index in [0.717, 1.165) is 12.2 Å². The number of rotatable bonds is 2. The fourth-order valence-corrected chi connectivity index (χ4v) is 0.935. The topological polar surface area (TPSA) is 43.8 Å². The summed E-state index contributed by atoms with van der Waals surface area (Å²) in [5.41, 5.74) is 5.76. The maximum absolute atomic E-state index is 5.76. The van der Waals surface area contributed by atoms with E-state index in [1.165, 1.54) is 0 Å². The zero-order chi connectivity index (χ0) is 7.56. The molecule has 56 valence electrons. The van der Waals surface area contributed by atoms with Gasteiger partial charge < -0.3 is 10.3 Å². The number of imidazole rings is 1. The maximum atomic E-state index is 5.76. The molecule has 0 fully saturated rings. The van der Waals surface area contributed by atoms with Crippen molar-refractivity contribution in [3.8, 4) is 0 Å². The first-order valence-corrected chi connectivity index (χ1v) is 3.50. The molecule has 3 nitrogen and oxygen atoms in total. The van der Waals surface area contributed by atoms with E-state index in [4.69, 9.17) is 5.73 Å². The van der Waals surface area contributed by atoms with E-state index in [0.29, 0.717) is 0 Å². The molecule has 1 unspecified atom stereocenters. The third kappa shape index (κ3) is 1.19. The lowest BCUT2D eigenvalue weighted by Gasteiger charge is -2.11. The van der Waals surface area contributed by atoms with Crippen molar-refractivity contribution < 1.29 is 0 Å². The highest BCUT2D eigenvalue weighted by Gasteiger charge is 2.02. The van der Waals surface area contributed by atoms with Gasteiger partial charge in [-0.3, -0.25) is 0 Å². The lowest BCUT2D eigenvalue weighted by molar-refractivity contribution is 0.494. The third-order valence-electron chi connectivity index (χ3n) is 1.64. The lowest BCUT2D eigenvalue weighted by Crippen LogP contribution is -2.17. The first-order valence-electron chi connectivity index (χ1n) is 3.50. The minimum Gasteiger partial charge on any atom is -0.319 e. The quantitative estimate of drug-likeness (QED) is 0.665. The third-order valence-corrected chi connectivity index (χ3v) is 1.64. The highest BCUT2D eigenvalue weighted by Crippen LogP contribution is 2.05. The van der Waals surface area contributed by atoms with Crippen molar-refractivity contribution >= 4 is 0 Å². The first-order chi connectivity index (χ1) is 4.75. The number of nitrogens with zero attached hydrogens (tertiary/aromatic N) is 2. The van der Waals surface area contributed by atoms with Gasteiger partial charge in [-0.2, -0.15) is 0 Å². The summed E-state index contributed by atoms with van der Waals surface area (Å²) in [5.74, 6) is 0.981. The van der Waals surface area contributed by atoms with Gasteiger partial charge >= 0.3 is 0 Å². The molecule has 1 aromatic rings. The van der Waals surface area contributed by atoms with Gasteiger partial charge in [0, 0.05) is 12.4 Å². The van der Waals surface area contributed by atoms with Crippen molar-refractivity contribution in [2.75, 3.05) is 0 Å². The van der Waals surface area contributed by atoms with Gasteiger partial charge in [-0.1, -0.05) is 6.92 Å². The summed E-state index contributed by atoms with van der Waals surface area (Å²) in [5, 5.41) is 0. The molecule has 0 bridgehead atoms. The molecule has 0 radical (unpaired) electrons. The molecule has 0 aliphatic heterocycles. The Hall–Kier alpha value is -0.830. The van der Waals surface area contributed by atoms with Crippen molar-refractivity contribution in [3.05, 3.63) is 18.2 Å². The van der Waals surface area contributed by atoms with E-state index in [2.05, 4.69) is 11.9 Å². The zero-order valence-electron chi connectivity index (χ0n) is 6.41. The van der Waals surface area contributed by atoms with Crippen LogP contribution in [0.4, 0.5) is 0 Å². The molecular formula is C7H13N3. The summed E-state index contributed by atoms with van der Waals surface area (Å²) in [6.45, 7) is 4.01. The normalized spacial score (nSPS) is 13.5. The fraction of sp³-hybridized carbons (Fsp3) is 0.571. The number of nitrogens with two attached hydrogens (primary N) is 1. The van der Waals surface area contributed by atoms with E-state index in [1.807, 2.05) is 17.7 Å². The van der Waals surface area contributed by atoms with Crippen LogP contribution in [-0.2, 0) is 0 Å². The summed E-state index contributed by atoms with van der Waals surface area (Å²) in [7, 11) is 0. The van der Waals surface area contributed by atoms with Crippen LogP contribution in [0.3, 0.4) is 0 Å². The summed E-state index contributed by atoms with van der Waals surface area (Å²) in [6, 6.07) is 0. The number of hydrogen-bond acceptors (Lipinski definition) is 2. The summed E-state index contributed by atoms with van der Waals surface area (Å²) in [4.78, 5) is 4.07. The smallest absolute Gasteiger partial charge is 0.106 e. The van der Waals surface area contributed by atoms with Crippen LogP contribution in [-0.4, -0.2) is 9.55 Å². The Morgan fingerprint density at radius 3 is 2.90 bits per heavy atom. The predicted molar refractivity (Wildman–Crippen MR) is 40.5 cm³/mol. The van der Waals surface area contributed by atoms with Gasteiger partial charge in [-0.25, -0.2) is 4.98 Å². The Kier molecular flexibility index (Phi) is 2.06. The second-order valence-electron chi connectivity index (χ2n) is 2.36. The van der Waals surface area contributed by atoms with E-state index in [1.54, 1.807) is 6.20 Å². The minimum absolute atomic E-state index is 0.0856. The van der Waals surface area contributed by atoms with E-state index in [-0.39, 0.29) is 6.17 Å². The van der Waals surface area contributed by atoms with E-state index >= 15 is 0 Å². The molecule has 1 aromatic heterocycles. The van der Waals surface area contributed by atoms with E-state index in [9.17, 15) is 0 Å². The number of aromatic nitrogens is 2. The molecule has 0 aliphatic rings. The summed E-state index contributed by atoms with van der Waals surface area (Å²) in [6.07, 6.45) is 4.70. The summed E-state index contributed by atoms with van der Waals surface area (Å²) < 4.78 is 1.97. The van der Waals surface area contributed by atoms with Crippen LogP contribution < -0.4 is 5.73 Å². The number of hydrogen-bond donors (Lipinski definition) is 1. The molecule has 0 aromatic carbocycles. The van der Waals surface area contributed by atoms with Crippen molar-refractivity contribution in [2.45, 2.75) is 26.4 Å². The van der Waals surface area contributed by atoms with Crippen molar-refractivity contribution in [1.29, 1.82) is 0 Å². The Bertz CT molecular complexity index is 204. The van der Waals surface area contributed by atoms with Gasteiger partial charge in [0.1, 0.15) is 5.82 Å². The molecule has 0 saturated heterocycles. The Morgan fingerprint density at radius 2 is 2.50 bits per heavy atom. The van der Waals surface area contributed by atoms with Gasteiger partial charge in [0.2, 0.25) is 0 Å². The molecule has 3 heteroatoms. The molecule has 0 spiro atoms.